The minimum atomic E-state index is 0.686. The van der Waals surface area contributed by atoms with E-state index in [1.165, 1.54) is 24.0 Å². The van der Waals surface area contributed by atoms with Gasteiger partial charge in [0.25, 0.3) is 0 Å². The topological polar surface area (TPSA) is 21.7 Å². The summed E-state index contributed by atoms with van der Waals surface area (Å²) < 4.78 is 10.7. The Morgan fingerprint density at radius 1 is 1.25 bits per heavy atom. The van der Waals surface area contributed by atoms with E-state index in [0.29, 0.717) is 5.92 Å². The van der Waals surface area contributed by atoms with Crippen molar-refractivity contribution in [2.24, 2.45) is 5.92 Å². The molecule has 0 heterocycles. The monoisotopic (exact) mass is 329 g/mol. The predicted molar refractivity (Wildman–Crippen MR) is 101 cm³/mol. The maximum atomic E-state index is 5.38. The van der Waals surface area contributed by atoms with Crippen LogP contribution in [0.4, 0.5) is 0 Å². The van der Waals surface area contributed by atoms with Crippen molar-refractivity contribution in [1.29, 1.82) is 0 Å². The van der Waals surface area contributed by atoms with Crippen LogP contribution in [-0.2, 0) is 6.42 Å². The first-order valence-electron chi connectivity index (χ1n) is 8.76. The van der Waals surface area contributed by atoms with Gasteiger partial charge in [0.15, 0.2) is 11.5 Å². The molecular weight excluding hydrogens is 298 g/mol. The van der Waals surface area contributed by atoms with Gasteiger partial charge in [-0.2, -0.15) is 0 Å². The number of rotatable bonds is 8. The summed E-state index contributed by atoms with van der Waals surface area (Å²) in [7, 11) is 5.55. The number of ether oxygens (including phenoxy) is 2. The van der Waals surface area contributed by atoms with E-state index in [0.717, 1.165) is 37.4 Å². The number of hydrogen-bond donors (Lipinski definition) is 0. The third kappa shape index (κ3) is 5.13. The number of likely N-dealkylation sites (N-methyl/N-ethyl adjacent to an activating group) is 1. The predicted octanol–water partition coefficient (Wildman–Crippen LogP) is 4.48. The number of benzene rings is 1. The SMILES string of the molecule is C=C(C)[C@@H]1CC=C(CN(C)CCc2ccc(OC)c(OC)c2)CC1. The summed E-state index contributed by atoms with van der Waals surface area (Å²) in [4.78, 5) is 2.41. The smallest absolute Gasteiger partial charge is 0.160 e. The zero-order chi connectivity index (χ0) is 17.5. The van der Waals surface area contributed by atoms with E-state index in [1.807, 2.05) is 6.07 Å². The van der Waals surface area contributed by atoms with Gasteiger partial charge in [0.1, 0.15) is 0 Å². The highest BCUT2D eigenvalue weighted by atomic mass is 16.5. The van der Waals surface area contributed by atoms with Crippen LogP contribution in [0.25, 0.3) is 0 Å². The van der Waals surface area contributed by atoms with Crippen LogP contribution in [0.5, 0.6) is 11.5 Å². The summed E-state index contributed by atoms with van der Waals surface area (Å²) >= 11 is 0. The van der Waals surface area contributed by atoms with Crippen LogP contribution in [-0.4, -0.2) is 39.3 Å². The Morgan fingerprint density at radius 2 is 2.00 bits per heavy atom. The first-order valence-corrected chi connectivity index (χ1v) is 8.76. The number of nitrogens with zero attached hydrogens (tertiary/aromatic N) is 1. The van der Waals surface area contributed by atoms with Crippen molar-refractivity contribution in [3.8, 4) is 11.5 Å². The minimum Gasteiger partial charge on any atom is -0.493 e. The first-order chi connectivity index (χ1) is 11.5. The van der Waals surface area contributed by atoms with Gasteiger partial charge in [-0.15, -0.1) is 0 Å². The molecule has 1 atom stereocenters. The lowest BCUT2D eigenvalue weighted by Gasteiger charge is -2.25. The molecule has 0 aromatic heterocycles. The van der Waals surface area contributed by atoms with Crippen molar-refractivity contribution in [3.05, 3.63) is 47.6 Å². The molecule has 1 aromatic rings. The molecule has 0 N–H and O–H groups in total. The van der Waals surface area contributed by atoms with Gasteiger partial charge in [0, 0.05) is 13.1 Å². The van der Waals surface area contributed by atoms with Crippen LogP contribution in [0.15, 0.2) is 42.0 Å². The highest BCUT2D eigenvalue weighted by molar-refractivity contribution is 5.42. The maximum Gasteiger partial charge on any atom is 0.160 e. The van der Waals surface area contributed by atoms with Gasteiger partial charge in [-0.3, -0.25) is 0 Å². The van der Waals surface area contributed by atoms with E-state index in [1.54, 1.807) is 19.8 Å². The third-order valence-electron chi connectivity index (χ3n) is 4.91. The Hall–Kier alpha value is -1.74. The zero-order valence-electron chi connectivity index (χ0n) is 15.6. The number of hydrogen-bond acceptors (Lipinski definition) is 3. The lowest BCUT2D eigenvalue weighted by Crippen LogP contribution is -2.25. The van der Waals surface area contributed by atoms with E-state index in [4.69, 9.17) is 9.47 Å². The summed E-state index contributed by atoms with van der Waals surface area (Å²) in [5.41, 5.74) is 4.17. The molecule has 2 rings (SSSR count). The molecule has 0 fully saturated rings. The molecule has 3 heteroatoms. The standard InChI is InChI=1S/C21H31NO2/c1-16(2)19-9-6-18(7-10-19)15-22(3)13-12-17-8-11-20(23-4)21(14-17)24-5/h6,8,11,14,19H,1,7,9-10,12-13,15H2,2-5H3/t19-/m1/s1. The van der Waals surface area contributed by atoms with E-state index < -0.39 is 0 Å². The molecule has 0 amide bonds. The lowest BCUT2D eigenvalue weighted by atomic mass is 9.85. The van der Waals surface area contributed by atoms with Gasteiger partial charge in [-0.25, -0.2) is 0 Å². The van der Waals surface area contributed by atoms with Crippen molar-refractivity contribution < 1.29 is 9.47 Å². The molecule has 3 nitrogen and oxygen atoms in total. The van der Waals surface area contributed by atoms with Crippen LogP contribution < -0.4 is 9.47 Å². The van der Waals surface area contributed by atoms with Gasteiger partial charge in [-0.1, -0.05) is 29.9 Å². The molecular formula is C21H31NO2. The average molecular weight is 329 g/mol. The van der Waals surface area contributed by atoms with E-state index in [9.17, 15) is 0 Å². The molecule has 0 aliphatic heterocycles. The Balaban J connectivity index is 1.83. The van der Waals surface area contributed by atoms with Crippen molar-refractivity contribution >= 4 is 0 Å². The largest absolute Gasteiger partial charge is 0.493 e. The van der Waals surface area contributed by atoms with Crippen LogP contribution in [0.1, 0.15) is 31.7 Å². The van der Waals surface area contributed by atoms with Gasteiger partial charge >= 0.3 is 0 Å². The minimum absolute atomic E-state index is 0.686. The van der Waals surface area contributed by atoms with E-state index >= 15 is 0 Å². The van der Waals surface area contributed by atoms with Gasteiger partial charge in [-0.05, 0) is 63.3 Å². The Morgan fingerprint density at radius 3 is 2.58 bits per heavy atom. The molecule has 0 bridgehead atoms. The fraction of sp³-hybridized carbons (Fsp3) is 0.524. The van der Waals surface area contributed by atoms with Crippen molar-refractivity contribution in [1.82, 2.24) is 4.90 Å². The fourth-order valence-electron chi connectivity index (χ4n) is 3.26. The second-order valence-electron chi connectivity index (χ2n) is 6.86. The van der Waals surface area contributed by atoms with Crippen LogP contribution in [0.2, 0.25) is 0 Å². The second-order valence-corrected chi connectivity index (χ2v) is 6.86. The molecule has 0 saturated carbocycles. The summed E-state index contributed by atoms with van der Waals surface area (Å²) in [6, 6.07) is 6.17. The van der Waals surface area contributed by atoms with Crippen LogP contribution in [0, 0.1) is 5.92 Å². The molecule has 0 spiro atoms. The summed E-state index contributed by atoms with van der Waals surface area (Å²) in [5, 5.41) is 0. The quantitative estimate of drug-likeness (QED) is 0.656. The molecule has 0 radical (unpaired) electrons. The first kappa shape index (κ1) is 18.6. The van der Waals surface area contributed by atoms with Gasteiger partial charge in [0.2, 0.25) is 0 Å². The Bertz CT molecular complexity index is 592. The third-order valence-corrected chi connectivity index (χ3v) is 4.91. The molecule has 1 aromatic carbocycles. The summed E-state index contributed by atoms with van der Waals surface area (Å²) in [6.07, 6.45) is 7.06. The highest BCUT2D eigenvalue weighted by Crippen LogP contribution is 2.29. The van der Waals surface area contributed by atoms with Gasteiger partial charge in [0.05, 0.1) is 14.2 Å². The number of methoxy groups -OCH3 is 2. The van der Waals surface area contributed by atoms with Crippen molar-refractivity contribution in [2.45, 2.75) is 32.6 Å². The average Bonchev–Trinajstić information content (AvgIpc) is 2.60. The Labute approximate surface area is 147 Å². The van der Waals surface area contributed by atoms with E-state index in [-0.39, 0.29) is 0 Å². The molecule has 1 aliphatic rings. The molecule has 132 valence electrons. The van der Waals surface area contributed by atoms with E-state index in [2.05, 4.69) is 43.7 Å². The number of allylic oxidation sites excluding steroid dienone is 2. The molecule has 24 heavy (non-hydrogen) atoms. The molecule has 0 saturated heterocycles. The Kier molecular flexibility index (Phi) is 6.92. The van der Waals surface area contributed by atoms with Gasteiger partial charge < -0.3 is 14.4 Å². The zero-order valence-corrected chi connectivity index (χ0v) is 15.6. The highest BCUT2D eigenvalue weighted by Gasteiger charge is 2.15. The van der Waals surface area contributed by atoms with Crippen LogP contribution in [0.3, 0.4) is 0 Å². The normalized spacial score (nSPS) is 17.5. The lowest BCUT2D eigenvalue weighted by molar-refractivity contribution is 0.349. The summed E-state index contributed by atoms with van der Waals surface area (Å²) in [6.45, 7) is 8.35. The second kappa shape index (κ2) is 8.93. The van der Waals surface area contributed by atoms with Crippen molar-refractivity contribution in [3.63, 3.8) is 0 Å². The molecule has 0 unspecified atom stereocenters. The maximum absolute atomic E-state index is 5.38. The molecule has 1 aliphatic carbocycles. The fourth-order valence-corrected chi connectivity index (χ4v) is 3.26. The van der Waals surface area contributed by atoms with Crippen molar-refractivity contribution in [2.75, 3.05) is 34.4 Å². The summed E-state index contributed by atoms with van der Waals surface area (Å²) in [5.74, 6) is 2.28. The van der Waals surface area contributed by atoms with Crippen LogP contribution >= 0.6 is 0 Å².